The van der Waals surface area contributed by atoms with Crippen molar-refractivity contribution in [1.29, 1.82) is 0 Å². The van der Waals surface area contributed by atoms with Gasteiger partial charge < -0.3 is 4.90 Å². The Morgan fingerprint density at radius 3 is 3.04 bits per heavy atom. The molecule has 1 aliphatic carbocycles. The fraction of sp³-hybridized carbons (Fsp3) is 0.500. The van der Waals surface area contributed by atoms with Crippen LogP contribution in [0.3, 0.4) is 0 Å². The molecule has 1 saturated carbocycles. The monoisotopic (exact) mass is 310 g/mol. The lowest BCUT2D eigenvalue weighted by Crippen LogP contribution is -2.39. The number of amides is 1. The highest BCUT2D eigenvalue weighted by molar-refractivity contribution is 5.83. The Morgan fingerprint density at radius 2 is 2.30 bits per heavy atom. The largest absolute Gasteiger partial charge is 0.338 e. The highest BCUT2D eigenvalue weighted by Crippen LogP contribution is 2.48. The van der Waals surface area contributed by atoms with Crippen LogP contribution in [0.1, 0.15) is 36.3 Å². The average Bonchev–Trinajstić information content (AvgIpc) is 3.07. The molecule has 5 nitrogen and oxygen atoms in total. The number of hydrogen-bond acceptors (Lipinski definition) is 3. The molecule has 5 heteroatoms. The summed E-state index contributed by atoms with van der Waals surface area (Å²) in [6.45, 7) is 3.74. The molecule has 2 fully saturated rings. The number of rotatable bonds is 4. The predicted molar refractivity (Wildman–Crippen MR) is 86.8 cm³/mol. The third kappa shape index (κ3) is 2.87. The summed E-state index contributed by atoms with van der Waals surface area (Å²) in [5.41, 5.74) is 2.36. The van der Waals surface area contributed by atoms with E-state index < -0.39 is 0 Å². The molecule has 2 aliphatic rings. The zero-order valence-electron chi connectivity index (χ0n) is 13.4. The van der Waals surface area contributed by atoms with E-state index in [0.29, 0.717) is 11.8 Å². The van der Waals surface area contributed by atoms with Crippen molar-refractivity contribution >= 4 is 5.91 Å². The number of pyridine rings is 1. The second-order valence-electron chi connectivity index (χ2n) is 6.80. The fourth-order valence-electron chi connectivity index (χ4n) is 3.74. The standard InChI is InChI=1S/C18H22N4O/c1-13-9-20-21(11-13)12-15-5-3-7-22(15)18(23)17-8-16(17)14-4-2-6-19-10-14/h2,4,6,9-11,15-17H,3,5,7-8,12H2,1H3/t15-,16+,17+/m0/s1. The summed E-state index contributed by atoms with van der Waals surface area (Å²) < 4.78 is 1.97. The number of likely N-dealkylation sites (tertiary alicyclic amines) is 1. The van der Waals surface area contributed by atoms with Gasteiger partial charge in [0.1, 0.15) is 0 Å². The lowest BCUT2D eigenvalue weighted by Gasteiger charge is -2.25. The van der Waals surface area contributed by atoms with Crippen molar-refractivity contribution in [1.82, 2.24) is 19.7 Å². The van der Waals surface area contributed by atoms with E-state index in [0.717, 1.165) is 32.4 Å². The van der Waals surface area contributed by atoms with Gasteiger partial charge in [-0.3, -0.25) is 14.5 Å². The maximum atomic E-state index is 12.9. The molecule has 1 saturated heterocycles. The van der Waals surface area contributed by atoms with Crippen LogP contribution in [0.5, 0.6) is 0 Å². The van der Waals surface area contributed by atoms with Gasteiger partial charge in [0.15, 0.2) is 0 Å². The van der Waals surface area contributed by atoms with Gasteiger partial charge in [0.25, 0.3) is 0 Å². The maximum Gasteiger partial charge on any atom is 0.226 e. The van der Waals surface area contributed by atoms with Crippen molar-refractivity contribution in [3.05, 3.63) is 48.0 Å². The van der Waals surface area contributed by atoms with E-state index in [4.69, 9.17) is 0 Å². The van der Waals surface area contributed by atoms with E-state index in [2.05, 4.69) is 27.2 Å². The highest BCUT2D eigenvalue weighted by atomic mass is 16.2. The van der Waals surface area contributed by atoms with Crippen molar-refractivity contribution in [3.8, 4) is 0 Å². The van der Waals surface area contributed by atoms with Crippen LogP contribution in [0, 0.1) is 12.8 Å². The second kappa shape index (κ2) is 5.80. The van der Waals surface area contributed by atoms with Crippen LogP contribution in [0.2, 0.25) is 0 Å². The summed E-state index contributed by atoms with van der Waals surface area (Å²) in [7, 11) is 0. The van der Waals surface area contributed by atoms with E-state index in [1.165, 1.54) is 11.1 Å². The van der Waals surface area contributed by atoms with Gasteiger partial charge in [0, 0.05) is 31.1 Å². The molecule has 0 aromatic carbocycles. The molecule has 3 atom stereocenters. The predicted octanol–water partition coefficient (Wildman–Crippen LogP) is 2.38. The Hall–Kier alpha value is -2.17. The molecule has 2 aromatic rings. The number of carbonyl (C=O) groups excluding carboxylic acids is 1. The number of carbonyl (C=O) groups is 1. The third-order valence-corrected chi connectivity index (χ3v) is 5.04. The summed E-state index contributed by atoms with van der Waals surface area (Å²) in [6, 6.07) is 4.32. The topological polar surface area (TPSA) is 51.0 Å². The molecular weight excluding hydrogens is 288 g/mol. The average molecular weight is 310 g/mol. The SMILES string of the molecule is Cc1cnn(C[C@@H]2CCCN2C(=O)[C@@H]2C[C@@H]2c2cccnc2)c1. The first kappa shape index (κ1) is 14.4. The molecular formula is C18H22N4O. The Bertz CT molecular complexity index is 696. The first-order valence-corrected chi connectivity index (χ1v) is 8.42. The van der Waals surface area contributed by atoms with Gasteiger partial charge in [-0.05, 0) is 49.3 Å². The van der Waals surface area contributed by atoms with Crippen LogP contribution in [0.25, 0.3) is 0 Å². The van der Waals surface area contributed by atoms with Gasteiger partial charge >= 0.3 is 0 Å². The van der Waals surface area contributed by atoms with E-state index in [-0.39, 0.29) is 12.0 Å². The van der Waals surface area contributed by atoms with Crippen LogP contribution in [0.15, 0.2) is 36.9 Å². The minimum absolute atomic E-state index is 0.152. The Morgan fingerprint density at radius 1 is 1.39 bits per heavy atom. The molecule has 0 spiro atoms. The first-order valence-electron chi connectivity index (χ1n) is 8.42. The van der Waals surface area contributed by atoms with Crippen molar-refractivity contribution in [3.63, 3.8) is 0 Å². The highest BCUT2D eigenvalue weighted by Gasteiger charge is 2.47. The Balaban J connectivity index is 1.42. The zero-order chi connectivity index (χ0) is 15.8. The van der Waals surface area contributed by atoms with Crippen LogP contribution >= 0.6 is 0 Å². The van der Waals surface area contributed by atoms with Crippen molar-refractivity contribution < 1.29 is 4.79 Å². The number of aromatic nitrogens is 3. The molecule has 120 valence electrons. The summed E-state index contributed by atoms with van der Waals surface area (Å²) in [5.74, 6) is 0.841. The molecule has 4 rings (SSSR count). The van der Waals surface area contributed by atoms with Gasteiger partial charge in [-0.15, -0.1) is 0 Å². The minimum Gasteiger partial charge on any atom is -0.338 e. The third-order valence-electron chi connectivity index (χ3n) is 5.04. The quantitative estimate of drug-likeness (QED) is 0.871. The number of aryl methyl sites for hydroxylation is 1. The maximum absolute atomic E-state index is 12.9. The van der Waals surface area contributed by atoms with Crippen LogP contribution in [-0.4, -0.2) is 38.2 Å². The van der Waals surface area contributed by atoms with Crippen LogP contribution < -0.4 is 0 Å². The second-order valence-corrected chi connectivity index (χ2v) is 6.80. The van der Waals surface area contributed by atoms with E-state index >= 15 is 0 Å². The number of hydrogen-bond donors (Lipinski definition) is 0. The van der Waals surface area contributed by atoms with Crippen molar-refractivity contribution in [2.45, 2.75) is 44.7 Å². The molecule has 0 unspecified atom stereocenters. The van der Waals surface area contributed by atoms with Crippen molar-refractivity contribution in [2.24, 2.45) is 5.92 Å². The molecule has 2 aromatic heterocycles. The van der Waals surface area contributed by atoms with Gasteiger partial charge in [0.05, 0.1) is 18.8 Å². The van der Waals surface area contributed by atoms with Crippen LogP contribution in [-0.2, 0) is 11.3 Å². The summed E-state index contributed by atoms with van der Waals surface area (Å²) >= 11 is 0. The molecule has 0 bridgehead atoms. The van der Waals surface area contributed by atoms with Crippen LogP contribution in [0.4, 0.5) is 0 Å². The van der Waals surface area contributed by atoms with Gasteiger partial charge in [0.2, 0.25) is 5.91 Å². The fourth-order valence-corrected chi connectivity index (χ4v) is 3.74. The smallest absolute Gasteiger partial charge is 0.226 e. The normalized spacial score (nSPS) is 26.5. The summed E-state index contributed by atoms with van der Waals surface area (Å²) in [4.78, 5) is 19.1. The first-order chi connectivity index (χ1) is 11.2. The molecule has 1 aliphatic heterocycles. The molecule has 3 heterocycles. The molecule has 23 heavy (non-hydrogen) atoms. The van der Waals surface area contributed by atoms with E-state index in [9.17, 15) is 4.79 Å². The van der Waals surface area contributed by atoms with E-state index in [1.54, 1.807) is 6.20 Å². The van der Waals surface area contributed by atoms with E-state index in [1.807, 2.05) is 30.1 Å². The van der Waals surface area contributed by atoms with Gasteiger partial charge in [-0.25, -0.2) is 0 Å². The number of nitrogens with zero attached hydrogens (tertiary/aromatic N) is 4. The zero-order valence-corrected chi connectivity index (χ0v) is 13.4. The Kier molecular flexibility index (Phi) is 3.63. The molecule has 0 radical (unpaired) electrons. The lowest BCUT2D eigenvalue weighted by atomic mass is 10.1. The Labute approximate surface area is 136 Å². The molecule has 0 N–H and O–H groups in total. The van der Waals surface area contributed by atoms with Gasteiger partial charge in [-0.1, -0.05) is 6.07 Å². The minimum atomic E-state index is 0.152. The lowest BCUT2D eigenvalue weighted by molar-refractivity contribution is -0.133. The van der Waals surface area contributed by atoms with Gasteiger partial charge in [-0.2, -0.15) is 5.10 Å². The summed E-state index contributed by atoms with van der Waals surface area (Å²) in [6.07, 6.45) is 10.7. The van der Waals surface area contributed by atoms with Crippen molar-refractivity contribution in [2.75, 3.05) is 6.54 Å². The summed E-state index contributed by atoms with van der Waals surface area (Å²) in [5, 5.41) is 4.37. The molecule has 1 amide bonds.